The molecule has 2 aromatic heterocycles. The minimum atomic E-state index is -0.414. The van der Waals surface area contributed by atoms with Crippen LogP contribution in [0.15, 0.2) is 59.2 Å². The Balaban J connectivity index is 1.40. The van der Waals surface area contributed by atoms with Crippen LogP contribution in [0.5, 0.6) is 5.75 Å². The van der Waals surface area contributed by atoms with Crippen LogP contribution in [0.1, 0.15) is 41.7 Å². The van der Waals surface area contributed by atoms with Gasteiger partial charge in [0.15, 0.2) is 5.76 Å². The summed E-state index contributed by atoms with van der Waals surface area (Å²) >= 11 is 0. The van der Waals surface area contributed by atoms with Crippen LogP contribution in [-0.2, 0) is 0 Å². The van der Waals surface area contributed by atoms with Gasteiger partial charge in [-0.3, -0.25) is 4.79 Å². The number of nitrogens with zero attached hydrogens (tertiary/aromatic N) is 1. The maximum Gasteiger partial charge on any atom is 0.257 e. The van der Waals surface area contributed by atoms with E-state index in [0.717, 1.165) is 25.7 Å². The van der Waals surface area contributed by atoms with Crippen molar-refractivity contribution in [3.63, 3.8) is 0 Å². The number of carbonyl (C=O) groups excluding carboxylic acids is 1. The summed E-state index contributed by atoms with van der Waals surface area (Å²) in [6.07, 6.45) is 4.78. The van der Waals surface area contributed by atoms with Crippen molar-refractivity contribution in [3.8, 4) is 17.2 Å². The van der Waals surface area contributed by atoms with E-state index in [1.165, 1.54) is 0 Å². The molecule has 6 heteroatoms. The number of nitrogens with one attached hydrogen (secondary N) is 1. The molecule has 0 saturated heterocycles. The van der Waals surface area contributed by atoms with E-state index in [1.54, 1.807) is 43.5 Å². The van der Waals surface area contributed by atoms with Crippen LogP contribution in [0.2, 0.25) is 0 Å². The number of aliphatic hydroxyl groups is 1. The van der Waals surface area contributed by atoms with Gasteiger partial charge in [-0.1, -0.05) is 6.42 Å². The van der Waals surface area contributed by atoms with Crippen LogP contribution in [0.3, 0.4) is 0 Å². The van der Waals surface area contributed by atoms with E-state index in [0.29, 0.717) is 34.1 Å². The van der Waals surface area contributed by atoms with E-state index >= 15 is 0 Å². The van der Waals surface area contributed by atoms with Gasteiger partial charge in [0.1, 0.15) is 17.5 Å². The highest BCUT2D eigenvalue weighted by molar-refractivity contribution is 6.05. The number of furan rings is 1. The molecule has 0 aliphatic heterocycles. The molecule has 0 spiro atoms. The van der Waals surface area contributed by atoms with E-state index in [2.05, 4.69) is 10.3 Å². The standard InChI is InChI=1S/C23H24N2O4/c1-15-18(12-13-19(24-15)21-7-4-14-28-21)23(27)25-16-8-10-17(11-9-16)29-22-6-3-2-5-20(22)26/h4,7-14,20,22,26H,2-3,5-6H2,1H3,(H,25,27)/t20-,22+/m0/s1. The highest BCUT2D eigenvalue weighted by Crippen LogP contribution is 2.25. The molecule has 6 nitrogen and oxygen atoms in total. The second-order valence-electron chi connectivity index (χ2n) is 7.29. The highest BCUT2D eigenvalue weighted by Gasteiger charge is 2.24. The summed E-state index contributed by atoms with van der Waals surface area (Å²) in [5.41, 5.74) is 2.49. The molecule has 1 amide bonds. The van der Waals surface area contributed by atoms with Gasteiger partial charge in [0.05, 0.1) is 23.6 Å². The van der Waals surface area contributed by atoms with Crippen LogP contribution < -0.4 is 10.1 Å². The zero-order valence-corrected chi connectivity index (χ0v) is 16.3. The maximum absolute atomic E-state index is 12.6. The number of rotatable bonds is 5. The van der Waals surface area contributed by atoms with Crippen LogP contribution in [0.4, 0.5) is 5.69 Å². The minimum absolute atomic E-state index is 0.161. The molecule has 4 rings (SSSR count). The average Bonchev–Trinajstić information content (AvgIpc) is 3.26. The Morgan fingerprint density at radius 2 is 1.93 bits per heavy atom. The maximum atomic E-state index is 12.6. The molecule has 0 bridgehead atoms. The summed E-state index contributed by atoms with van der Waals surface area (Å²) in [6, 6.07) is 14.4. The van der Waals surface area contributed by atoms with Crippen LogP contribution in [0.25, 0.3) is 11.5 Å². The van der Waals surface area contributed by atoms with E-state index in [-0.39, 0.29) is 12.0 Å². The number of aryl methyl sites for hydroxylation is 1. The monoisotopic (exact) mass is 392 g/mol. The van der Waals surface area contributed by atoms with Crippen molar-refractivity contribution >= 4 is 11.6 Å². The average molecular weight is 392 g/mol. The van der Waals surface area contributed by atoms with Crippen molar-refractivity contribution in [2.45, 2.75) is 44.8 Å². The van der Waals surface area contributed by atoms with Crippen LogP contribution >= 0.6 is 0 Å². The van der Waals surface area contributed by atoms with Crippen LogP contribution in [-0.4, -0.2) is 28.2 Å². The molecule has 2 N–H and O–H groups in total. The lowest BCUT2D eigenvalue weighted by Crippen LogP contribution is -2.34. The third-order valence-electron chi connectivity index (χ3n) is 5.17. The number of carbonyl (C=O) groups is 1. The predicted octanol–water partition coefficient (Wildman–Crippen LogP) is 4.58. The fraction of sp³-hybridized carbons (Fsp3) is 0.304. The highest BCUT2D eigenvalue weighted by atomic mass is 16.5. The molecule has 150 valence electrons. The number of aliphatic hydroxyl groups excluding tert-OH is 1. The smallest absolute Gasteiger partial charge is 0.257 e. The number of pyridine rings is 1. The van der Waals surface area contributed by atoms with E-state index in [1.807, 2.05) is 18.2 Å². The lowest BCUT2D eigenvalue weighted by atomic mass is 9.95. The molecule has 1 saturated carbocycles. The Morgan fingerprint density at radius 1 is 1.14 bits per heavy atom. The molecule has 0 radical (unpaired) electrons. The molecule has 0 unspecified atom stereocenters. The van der Waals surface area contributed by atoms with Crippen molar-refractivity contribution in [1.29, 1.82) is 0 Å². The van der Waals surface area contributed by atoms with Gasteiger partial charge in [0.25, 0.3) is 5.91 Å². The zero-order chi connectivity index (χ0) is 20.2. The fourth-order valence-corrected chi connectivity index (χ4v) is 3.57. The Bertz CT molecular complexity index is 967. The molecule has 1 aliphatic rings. The zero-order valence-electron chi connectivity index (χ0n) is 16.3. The first kappa shape index (κ1) is 19.2. The lowest BCUT2D eigenvalue weighted by molar-refractivity contribution is 0.00688. The number of ether oxygens (including phenoxy) is 1. The second kappa shape index (κ2) is 8.49. The fourth-order valence-electron chi connectivity index (χ4n) is 3.57. The van der Waals surface area contributed by atoms with Crippen LogP contribution in [0, 0.1) is 6.92 Å². The molecular weight excluding hydrogens is 368 g/mol. The summed E-state index contributed by atoms with van der Waals surface area (Å²) in [6.45, 7) is 1.80. The number of amides is 1. The van der Waals surface area contributed by atoms with E-state index in [9.17, 15) is 9.90 Å². The first-order valence-electron chi connectivity index (χ1n) is 9.88. The van der Waals surface area contributed by atoms with Gasteiger partial charge in [0.2, 0.25) is 0 Å². The van der Waals surface area contributed by atoms with Gasteiger partial charge in [-0.2, -0.15) is 0 Å². The number of benzene rings is 1. The Labute approximate surface area is 169 Å². The Hall–Kier alpha value is -3.12. The predicted molar refractivity (Wildman–Crippen MR) is 110 cm³/mol. The van der Waals surface area contributed by atoms with Crippen molar-refractivity contribution in [1.82, 2.24) is 4.98 Å². The number of hydrogen-bond donors (Lipinski definition) is 2. The molecule has 2 heterocycles. The summed E-state index contributed by atoms with van der Waals surface area (Å²) in [5, 5.41) is 12.9. The summed E-state index contributed by atoms with van der Waals surface area (Å²) in [5.74, 6) is 1.13. The second-order valence-corrected chi connectivity index (χ2v) is 7.29. The molecule has 2 atom stereocenters. The third-order valence-corrected chi connectivity index (χ3v) is 5.17. The Kier molecular flexibility index (Phi) is 5.62. The molecule has 29 heavy (non-hydrogen) atoms. The first-order valence-corrected chi connectivity index (χ1v) is 9.88. The SMILES string of the molecule is Cc1nc(-c2ccco2)ccc1C(=O)Nc1ccc(O[C@@H]2CCCC[C@@H]2O)cc1. The van der Waals surface area contributed by atoms with Gasteiger partial charge in [0, 0.05) is 5.69 Å². The van der Waals surface area contributed by atoms with Crippen molar-refractivity contribution < 1.29 is 19.1 Å². The van der Waals surface area contributed by atoms with E-state index < -0.39 is 6.10 Å². The summed E-state index contributed by atoms with van der Waals surface area (Å²) in [4.78, 5) is 17.1. The topological polar surface area (TPSA) is 84.6 Å². The first-order chi connectivity index (χ1) is 14.1. The molecule has 1 aromatic carbocycles. The quantitative estimate of drug-likeness (QED) is 0.664. The van der Waals surface area contributed by atoms with Crippen molar-refractivity contribution in [3.05, 3.63) is 66.1 Å². The number of anilines is 1. The van der Waals surface area contributed by atoms with Crippen molar-refractivity contribution in [2.75, 3.05) is 5.32 Å². The van der Waals surface area contributed by atoms with E-state index in [4.69, 9.17) is 9.15 Å². The largest absolute Gasteiger partial charge is 0.488 e. The van der Waals surface area contributed by atoms with Gasteiger partial charge in [-0.15, -0.1) is 0 Å². The third kappa shape index (κ3) is 4.49. The van der Waals surface area contributed by atoms with Gasteiger partial charge in [-0.05, 0) is 74.7 Å². The van der Waals surface area contributed by atoms with Gasteiger partial charge in [-0.25, -0.2) is 4.98 Å². The van der Waals surface area contributed by atoms with Gasteiger partial charge < -0.3 is 19.6 Å². The van der Waals surface area contributed by atoms with Crippen molar-refractivity contribution in [2.24, 2.45) is 0 Å². The number of aromatic nitrogens is 1. The molecular formula is C23H24N2O4. The Morgan fingerprint density at radius 3 is 2.62 bits per heavy atom. The minimum Gasteiger partial charge on any atom is -0.488 e. The molecule has 3 aromatic rings. The number of hydrogen-bond acceptors (Lipinski definition) is 5. The van der Waals surface area contributed by atoms with Gasteiger partial charge >= 0.3 is 0 Å². The lowest BCUT2D eigenvalue weighted by Gasteiger charge is -2.28. The normalized spacial score (nSPS) is 19.0. The summed E-state index contributed by atoms with van der Waals surface area (Å²) in [7, 11) is 0. The molecule has 1 aliphatic carbocycles. The summed E-state index contributed by atoms with van der Waals surface area (Å²) < 4.78 is 11.3. The molecule has 1 fully saturated rings.